The van der Waals surface area contributed by atoms with Crippen LogP contribution in [0.25, 0.3) is 0 Å². The number of aromatic amines is 1. The summed E-state index contributed by atoms with van der Waals surface area (Å²) in [5.41, 5.74) is 0. The number of nitrogens with one attached hydrogen (secondary N) is 1. The van der Waals surface area contributed by atoms with E-state index >= 15 is 0 Å². The lowest BCUT2D eigenvalue weighted by atomic mass is 9.97. The molecule has 1 aromatic rings. The van der Waals surface area contributed by atoms with E-state index < -0.39 is 0 Å². The molecule has 2 rings (SSSR count). The predicted molar refractivity (Wildman–Crippen MR) is 72.4 cm³/mol. The molecule has 2 atom stereocenters. The Morgan fingerprint density at radius 3 is 3.28 bits per heavy atom. The number of β-amino-alcohol motifs (C(OH)–C–C–N with tert-alkyl or cyclic N) is 1. The summed E-state index contributed by atoms with van der Waals surface area (Å²) >= 11 is 0. The molecule has 0 spiro atoms. The van der Waals surface area contributed by atoms with Gasteiger partial charge in [-0.05, 0) is 32.2 Å². The highest BCUT2D eigenvalue weighted by Gasteiger charge is 2.24. The van der Waals surface area contributed by atoms with E-state index in [1.165, 1.54) is 12.8 Å². The van der Waals surface area contributed by atoms with E-state index in [1.54, 1.807) is 0 Å². The normalized spacial score (nSPS) is 22.8. The Labute approximate surface area is 109 Å². The number of aliphatic hydroxyl groups is 1. The van der Waals surface area contributed by atoms with Crippen molar-refractivity contribution in [2.24, 2.45) is 0 Å². The molecule has 4 heteroatoms. The number of likely N-dealkylation sites (tertiary alicyclic amines) is 1. The Bertz CT molecular complexity index is 350. The quantitative estimate of drug-likeness (QED) is 0.757. The van der Waals surface area contributed by atoms with Crippen molar-refractivity contribution in [3.8, 4) is 0 Å². The summed E-state index contributed by atoms with van der Waals surface area (Å²) in [6.45, 7) is 6.54. The maximum Gasteiger partial charge on any atom is 0.110 e. The smallest absolute Gasteiger partial charge is 0.110 e. The molecule has 2 heterocycles. The zero-order valence-electron chi connectivity index (χ0n) is 10.9. The number of aliphatic hydroxyl groups excluding tert-OH is 1. The molecule has 1 aliphatic heterocycles. The van der Waals surface area contributed by atoms with Gasteiger partial charge in [0.1, 0.15) is 5.82 Å². The highest BCUT2D eigenvalue weighted by atomic mass is 16.3. The van der Waals surface area contributed by atoms with E-state index in [-0.39, 0.29) is 6.10 Å². The van der Waals surface area contributed by atoms with Crippen LogP contribution in [0.5, 0.6) is 0 Å². The Morgan fingerprint density at radius 2 is 2.56 bits per heavy atom. The summed E-state index contributed by atoms with van der Waals surface area (Å²) < 4.78 is 0. The van der Waals surface area contributed by atoms with E-state index in [0.29, 0.717) is 5.92 Å². The van der Waals surface area contributed by atoms with Gasteiger partial charge in [-0.1, -0.05) is 6.08 Å². The van der Waals surface area contributed by atoms with Crippen LogP contribution in [-0.2, 0) is 0 Å². The molecule has 4 nitrogen and oxygen atoms in total. The van der Waals surface area contributed by atoms with Gasteiger partial charge in [0, 0.05) is 31.4 Å². The number of nitrogens with zero attached hydrogens (tertiary/aromatic N) is 2. The topological polar surface area (TPSA) is 52.1 Å². The first-order valence-electron chi connectivity index (χ1n) is 6.80. The van der Waals surface area contributed by atoms with Crippen molar-refractivity contribution in [1.29, 1.82) is 0 Å². The molecule has 2 N–H and O–H groups in total. The van der Waals surface area contributed by atoms with Crippen molar-refractivity contribution in [2.45, 2.75) is 37.7 Å². The average Bonchev–Trinajstić information content (AvgIpc) is 2.90. The third kappa shape index (κ3) is 3.68. The largest absolute Gasteiger partial charge is 0.392 e. The van der Waals surface area contributed by atoms with Gasteiger partial charge < -0.3 is 15.0 Å². The fourth-order valence-electron chi connectivity index (χ4n) is 2.64. The van der Waals surface area contributed by atoms with E-state index in [9.17, 15) is 5.11 Å². The Morgan fingerprint density at radius 1 is 1.67 bits per heavy atom. The van der Waals surface area contributed by atoms with Crippen LogP contribution in [-0.4, -0.2) is 45.7 Å². The number of H-pyrrole nitrogens is 1. The van der Waals surface area contributed by atoms with Gasteiger partial charge in [0.15, 0.2) is 0 Å². The van der Waals surface area contributed by atoms with Crippen molar-refractivity contribution in [2.75, 3.05) is 19.6 Å². The number of allylic oxidation sites excluding steroid dienone is 1. The molecule has 0 amide bonds. The van der Waals surface area contributed by atoms with Crippen molar-refractivity contribution < 1.29 is 5.11 Å². The number of rotatable bonds is 6. The third-order valence-corrected chi connectivity index (χ3v) is 3.58. The summed E-state index contributed by atoms with van der Waals surface area (Å²) in [5, 5.41) is 9.94. The fourth-order valence-corrected chi connectivity index (χ4v) is 2.64. The minimum Gasteiger partial charge on any atom is -0.392 e. The second kappa shape index (κ2) is 6.71. The van der Waals surface area contributed by atoms with E-state index in [2.05, 4.69) is 21.4 Å². The first-order valence-corrected chi connectivity index (χ1v) is 6.80. The van der Waals surface area contributed by atoms with Crippen LogP contribution < -0.4 is 0 Å². The van der Waals surface area contributed by atoms with Gasteiger partial charge in [-0.25, -0.2) is 4.98 Å². The monoisotopic (exact) mass is 249 g/mol. The summed E-state index contributed by atoms with van der Waals surface area (Å²) in [6.07, 6.45) is 9.39. The molecule has 0 bridgehead atoms. The molecule has 1 aliphatic rings. The molecule has 0 saturated carbocycles. The molecule has 1 aromatic heterocycles. The SMILES string of the molecule is C=CCCC(O)CN1CCCC(c2ncc[nH]2)C1. The van der Waals surface area contributed by atoms with E-state index in [1.807, 2.05) is 18.5 Å². The molecule has 2 unspecified atom stereocenters. The van der Waals surface area contributed by atoms with Gasteiger partial charge in [0.2, 0.25) is 0 Å². The lowest BCUT2D eigenvalue weighted by Crippen LogP contribution is -2.39. The zero-order valence-corrected chi connectivity index (χ0v) is 10.9. The van der Waals surface area contributed by atoms with Crippen LogP contribution in [0.2, 0.25) is 0 Å². The minimum absolute atomic E-state index is 0.238. The maximum atomic E-state index is 9.94. The Hall–Kier alpha value is -1.13. The molecule has 0 aliphatic carbocycles. The maximum absolute atomic E-state index is 9.94. The number of aromatic nitrogens is 2. The van der Waals surface area contributed by atoms with Gasteiger partial charge >= 0.3 is 0 Å². The second-order valence-corrected chi connectivity index (χ2v) is 5.09. The molecule has 0 radical (unpaired) electrons. The summed E-state index contributed by atoms with van der Waals surface area (Å²) in [5.74, 6) is 1.57. The van der Waals surface area contributed by atoms with Gasteiger partial charge in [-0.2, -0.15) is 0 Å². The predicted octanol–water partition coefficient (Wildman–Crippen LogP) is 1.92. The van der Waals surface area contributed by atoms with Crippen LogP contribution in [0.15, 0.2) is 25.0 Å². The van der Waals surface area contributed by atoms with Crippen LogP contribution in [0, 0.1) is 0 Å². The second-order valence-electron chi connectivity index (χ2n) is 5.09. The lowest BCUT2D eigenvalue weighted by Gasteiger charge is -2.33. The standard InChI is InChI=1S/C14H23N3O/c1-2-3-6-13(18)11-17-9-4-5-12(10-17)14-15-7-8-16-14/h2,7-8,12-13,18H,1,3-6,9-11H2,(H,15,16). The molecule has 1 fully saturated rings. The Balaban J connectivity index is 1.81. The highest BCUT2D eigenvalue weighted by molar-refractivity contribution is 4.99. The van der Waals surface area contributed by atoms with Crippen molar-refractivity contribution in [3.63, 3.8) is 0 Å². The summed E-state index contributed by atoms with van der Waals surface area (Å²) in [6, 6.07) is 0. The Kier molecular flexibility index (Phi) is 4.96. The first kappa shape index (κ1) is 13.3. The molecule has 100 valence electrons. The minimum atomic E-state index is -0.238. The van der Waals surface area contributed by atoms with Crippen LogP contribution in [0.3, 0.4) is 0 Å². The van der Waals surface area contributed by atoms with Gasteiger partial charge in [-0.3, -0.25) is 0 Å². The van der Waals surface area contributed by atoms with Gasteiger partial charge in [0.25, 0.3) is 0 Å². The number of hydrogen-bond acceptors (Lipinski definition) is 3. The summed E-state index contributed by atoms with van der Waals surface area (Å²) in [7, 11) is 0. The van der Waals surface area contributed by atoms with Crippen molar-refractivity contribution in [1.82, 2.24) is 14.9 Å². The first-order chi connectivity index (χ1) is 8.79. The molecular formula is C14H23N3O. The number of hydrogen-bond donors (Lipinski definition) is 2. The zero-order chi connectivity index (χ0) is 12.8. The number of imidazole rings is 1. The van der Waals surface area contributed by atoms with Crippen LogP contribution in [0.1, 0.15) is 37.4 Å². The average molecular weight is 249 g/mol. The van der Waals surface area contributed by atoms with E-state index in [0.717, 1.165) is 38.3 Å². The molecular weight excluding hydrogens is 226 g/mol. The van der Waals surface area contributed by atoms with Crippen LogP contribution in [0.4, 0.5) is 0 Å². The summed E-state index contributed by atoms with van der Waals surface area (Å²) in [4.78, 5) is 9.90. The van der Waals surface area contributed by atoms with Crippen LogP contribution >= 0.6 is 0 Å². The van der Waals surface area contributed by atoms with Gasteiger partial charge in [-0.15, -0.1) is 6.58 Å². The fraction of sp³-hybridized carbons (Fsp3) is 0.643. The van der Waals surface area contributed by atoms with Gasteiger partial charge in [0.05, 0.1) is 6.10 Å². The van der Waals surface area contributed by atoms with Crippen molar-refractivity contribution in [3.05, 3.63) is 30.9 Å². The van der Waals surface area contributed by atoms with E-state index in [4.69, 9.17) is 0 Å². The molecule has 0 aromatic carbocycles. The number of piperidine rings is 1. The highest BCUT2D eigenvalue weighted by Crippen LogP contribution is 2.24. The molecule has 18 heavy (non-hydrogen) atoms. The molecule has 1 saturated heterocycles. The van der Waals surface area contributed by atoms with Crippen molar-refractivity contribution >= 4 is 0 Å². The lowest BCUT2D eigenvalue weighted by molar-refractivity contribution is 0.0893. The third-order valence-electron chi connectivity index (χ3n) is 3.58.